The fourth-order valence-corrected chi connectivity index (χ4v) is 2.32. The molecular weight excluding hydrogens is 282 g/mol. The molecule has 1 aromatic carbocycles. The average Bonchev–Trinajstić information content (AvgIpc) is 2.32. The van der Waals surface area contributed by atoms with Crippen molar-refractivity contribution >= 4 is 27.6 Å². The number of piperidine rings is 1. The number of carbonyl (C=O) groups excluding carboxylic acids is 2. The number of hydrogen-bond donors (Lipinski definition) is 0. The third-order valence-corrected chi connectivity index (χ3v) is 3.53. The van der Waals surface area contributed by atoms with Gasteiger partial charge in [0.2, 0.25) is 0 Å². The molecule has 0 atom stereocenters. The van der Waals surface area contributed by atoms with E-state index in [0.29, 0.717) is 31.5 Å². The molecule has 0 N–H and O–H groups in total. The second-order valence-electron chi connectivity index (χ2n) is 4.29. The Morgan fingerprint density at radius 1 is 1.29 bits per heavy atom. The van der Waals surface area contributed by atoms with E-state index < -0.39 is 0 Å². The van der Waals surface area contributed by atoms with E-state index in [1.807, 2.05) is 25.1 Å². The number of nitrogens with zero attached hydrogens (tertiary/aromatic N) is 1. The Kier molecular flexibility index (Phi) is 3.62. The van der Waals surface area contributed by atoms with Crippen molar-refractivity contribution in [2.75, 3.05) is 13.1 Å². The second-order valence-corrected chi connectivity index (χ2v) is 5.21. The molecule has 17 heavy (non-hydrogen) atoms. The summed E-state index contributed by atoms with van der Waals surface area (Å²) in [6.07, 6.45) is 0.970. The summed E-state index contributed by atoms with van der Waals surface area (Å²) < 4.78 is 0.902. The van der Waals surface area contributed by atoms with Crippen LogP contribution in [-0.4, -0.2) is 29.7 Å². The third-order valence-electron chi connectivity index (χ3n) is 3.04. The zero-order chi connectivity index (χ0) is 12.4. The van der Waals surface area contributed by atoms with Crippen LogP contribution in [-0.2, 0) is 4.79 Å². The fraction of sp³-hybridized carbons (Fsp3) is 0.385. The van der Waals surface area contributed by atoms with Crippen LogP contribution in [0.3, 0.4) is 0 Å². The van der Waals surface area contributed by atoms with E-state index in [9.17, 15) is 9.59 Å². The number of aryl methyl sites for hydroxylation is 1. The number of Topliss-reactive ketones (excluding diaryl/α,β-unsaturated/α-hetero) is 1. The van der Waals surface area contributed by atoms with Gasteiger partial charge in [-0.3, -0.25) is 9.59 Å². The standard InChI is InChI=1S/C13H14BrNO2/c1-9-2-3-10(14)8-12(9)13(17)15-6-4-11(16)5-7-15/h2-3,8H,4-7H2,1H3. The van der Waals surface area contributed by atoms with Crippen LogP contribution < -0.4 is 0 Å². The molecule has 1 fully saturated rings. The van der Waals surface area contributed by atoms with Crippen molar-refractivity contribution in [1.82, 2.24) is 4.90 Å². The topological polar surface area (TPSA) is 37.4 Å². The lowest BCUT2D eigenvalue weighted by Crippen LogP contribution is -2.38. The number of rotatable bonds is 1. The molecular formula is C13H14BrNO2. The summed E-state index contributed by atoms with van der Waals surface area (Å²) >= 11 is 3.37. The minimum atomic E-state index is 0.0244. The van der Waals surface area contributed by atoms with Gasteiger partial charge in [0.25, 0.3) is 5.91 Å². The summed E-state index contributed by atoms with van der Waals surface area (Å²) in [7, 11) is 0. The van der Waals surface area contributed by atoms with Crippen LogP contribution in [0.2, 0.25) is 0 Å². The van der Waals surface area contributed by atoms with Crippen LogP contribution in [0.25, 0.3) is 0 Å². The van der Waals surface area contributed by atoms with Crippen LogP contribution in [0.1, 0.15) is 28.8 Å². The Bertz CT molecular complexity index is 460. The first-order valence-electron chi connectivity index (χ1n) is 5.65. The van der Waals surface area contributed by atoms with Gasteiger partial charge in [0.05, 0.1) is 0 Å². The number of carbonyl (C=O) groups is 2. The quantitative estimate of drug-likeness (QED) is 0.798. The van der Waals surface area contributed by atoms with Crippen LogP contribution >= 0.6 is 15.9 Å². The zero-order valence-corrected chi connectivity index (χ0v) is 11.3. The molecule has 0 aliphatic carbocycles. The predicted molar refractivity (Wildman–Crippen MR) is 69.0 cm³/mol. The van der Waals surface area contributed by atoms with E-state index in [0.717, 1.165) is 10.0 Å². The smallest absolute Gasteiger partial charge is 0.254 e. The lowest BCUT2D eigenvalue weighted by atomic mass is 10.0. The molecule has 0 saturated carbocycles. The monoisotopic (exact) mass is 295 g/mol. The highest BCUT2D eigenvalue weighted by Gasteiger charge is 2.22. The first kappa shape index (κ1) is 12.3. The lowest BCUT2D eigenvalue weighted by Gasteiger charge is -2.26. The first-order chi connectivity index (χ1) is 8.08. The third kappa shape index (κ3) is 2.75. The summed E-state index contributed by atoms with van der Waals surface area (Å²) in [5, 5.41) is 0. The predicted octanol–water partition coefficient (Wildman–Crippen LogP) is 2.56. The van der Waals surface area contributed by atoms with Gasteiger partial charge < -0.3 is 4.90 Å². The molecule has 1 saturated heterocycles. The minimum Gasteiger partial charge on any atom is -0.338 e. The number of hydrogen-bond acceptors (Lipinski definition) is 2. The maximum Gasteiger partial charge on any atom is 0.254 e. The number of likely N-dealkylation sites (tertiary alicyclic amines) is 1. The van der Waals surface area contributed by atoms with Gasteiger partial charge in [0, 0.05) is 36.0 Å². The molecule has 0 unspecified atom stereocenters. The first-order valence-corrected chi connectivity index (χ1v) is 6.44. The number of benzene rings is 1. The Balaban J connectivity index is 2.19. The van der Waals surface area contributed by atoms with Gasteiger partial charge in [0.1, 0.15) is 5.78 Å². The van der Waals surface area contributed by atoms with Gasteiger partial charge in [-0.15, -0.1) is 0 Å². The molecule has 3 nitrogen and oxygen atoms in total. The molecule has 0 radical (unpaired) electrons. The second kappa shape index (κ2) is 5.00. The zero-order valence-electron chi connectivity index (χ0n) is 9.70. The molecule has 1 amide bonds. The van der Waals surface area contributed by atoms with Gasteiger partial charge in [-0.1, -0.05) is 22.0 Å². The molecule has 90 valence electrons. The van der Waals surface area contributed by atoms with E-state index >= 15 is 0 Å². The Labute approximate surface area is 109 Å². The van der Waals surface area contributed by atoms with E-state index in [1.54, 1.807) is 4.90 Å². The highest BCUT2D eigenvalue weighted by Crippen LogP contribution is 2.19. The van der Waals surface area contributed by atoms with Gasteiger partial charge in [-0.05, 0) is 24.6 Å². The Hall–Kier alpha value is -1.16. The van der Waals surface area contributed by atoms with Gasteiger partial charge in [-0.25, -0.2) is 0 Å². The number of halogens is 1. The summed E-state index contributed by atoms with van der Waals surface area (Å²) in [4.78, 5) is 25.2. The average molecular weight is 296 g/mol. The largest absolute Gasteiger partial charge is 0.338 e. The van der Waals surface area contributed by atoms with Crippen LogP contribution in [0.5, 0.6) is 0 Å². The molecule has 1 aliphatic heterocycles. The van der Waals surface area contributed by atoms with E-state index in [4.69, 9.17) is 0 Å². The van der Waals surface area contributed by atoms with Crippen LogP contribution in [0.4, 0.5) is 0 Å². The van der Waals surface area contributed by atoms with E-state index in [-0.39, 0.29) is 11.7 Å². The fourth-order valence-electron chi connectivity index (χ4n) is 1.95. The molecule has 1 heterocycles. The molecule has 0 spiro atoms. The molecule has 4 heteroatoms. The summed E-state index contributed by atoms with van der Waals surface area (Å²) in [5.74, 6) is 0.274. The van der Waals surface area contributed by atoms with Crippen LogP contribution in [0, 0.1) is 6.92 Å². The van der Waals surface area contributed by atoms with E-state index in [2.05, 4.69) is 15.9 Å². The van der Waals surface area contributed by atoms with Crippen molar-refractivity contribution in [2.45, 2.75) is 19.8 Å². The highest BCUT2D eigenvalue weighted by atomic mass is 79.9. The maximum atomic E-state index is 12.3. The summed E-state index contributed by atoms with van der Waals surface area (Å²) in [5.41, 5.74) is 1.68. The SMILES string of the molecule is Cc1ccc(Br)cc1C(=O)N1CCC(=O)CC1. The van der Waals surface area contributed by atoms with Gasteiger partial charge >= 0.3 is 0 Å². The number of ketones is 1. The van der Waals surface area contributed by atoms with Crippen molar-refractivity contribution in [3.8, 4) is 0 Å². The summed E-state index contributed by atoms with van der Waals surface area (Å²) in [6.45, 7) is 3.02. The molecule has 1 aromatic rings. The van der Waals surface area contributed by atoms with Crippen LogP contribution in [0.15, 0.2) is 22.7 Å². The molecule has 0 aromatic heterocycles. The Morgan fingerprint density at radius 3 is 2.59 bits per heavy atom. The number of amides is 1. The van der Waals surface area contributed by atoms with Crippen molar-refractivity contribution in [2.24, 2.45) is 0 Å². The normalized spacial score (nSPS) is 16.1. The Morgan fingerprint density at radius 2 is 1.94 bits per heavy atom. The summed E-state index contributed by atoms with van der Waals surface area (Å²) in [6, 6.07) is 5.69. The molecule has 0 bridgehead atoms. The maximum absolute atomic E-state index is 12.3. The van der Waals surface area contributed by atoms with Gasteiger partial charge in [0.15, 0.2) is 0 Å². The van der Waals surface area contributed by atoms with Crippen molar-refractivity contribution < 1.29 is 9.59 Å². The van der Waals surface area contributed by atoms with E-state index in [1.165, 1.54) is 0 Å². The van der Waals surface area contributed by atoms with Crippen molar-refractivity contribution in [3.63, 3.8) is 0 Å². The van der Waals surface area contributed by atoms with Crippen molar-refractivity contribution in [3.05, 3.63) is 33.8 Å². The highest BCUT2D eigenvalue weighted by molar-refractivity contribution is 9.10. The lowest BCUT2D eigenvalue weighted by molar-refractivity contribution is -0.120. The molecule has 1 aliphatic rings. The van der Waals surface area contributed by atoms with Gasteiger partial charge in [-0.2, -0.15) is 0 Å². The molecule has 2 rings (SSSR count). The minimum absolute atomic E-state index is 0.0244. The van der Waals surface area contributed by atoms with Crippen molar-refractivity contribution in [1.29, 1.82) is 0 Å².